The van der Waals surface area contributed by atoms with E-state index in [2.05, 4.69) is 16.0 Å². The van der Waals surface area contributed by atoms with Crippen LogP contribution in [0.5, 0.6) is 5.75 Å². The number of hydrogen-bond acceptors (Lipinski definition) is 11. The van der Waals surface area contributed by atoms with Crippen molar-refractivity contribution in [1.82, 2.24) is 15.5 Å². The van der Waals surface area contributed by atoms with Crippen LogP contribution in [0.4, 0.5) is 5.69 Å². The summed E-state index contributed by atoms with van der Waals surface area (Å²) in [5.41, 5.74) is 0.118. The molecule has 2 aliphatic heterocycles. The maximum absolute atomic E-state index is 12.8. The molecule has 16 nitrogen and oxygen atoms in total. The number of carboxylic acids is 1. The van der Waals surface area contributed by atoms with Gasteiger partial charge in [-0.1, -0.05) is 12.1 Å². The van der Waals surface area contributed by atoms with E-state index in [9.17, 15) is 43.8 Å². The minimum atomic E-state index is -1.28. The molecule has 1 aromatic carbocycles. The average Bonchev–Trinajstić information content (AvgIpc) is 3.33. The summed E-state index contributed by atoms with van der Waals surface area (Å²) in [6.45, 7) is 4.60. The molecule has 0 aromatic heterocycles. The second-order valence-corrected chi connectivity index (χ2v) is 12.0. The summed E-state index contributed by atoms with van der Waals surface area (Å²) in [5, 5.41) is 27.0. The molecule has 0 aliphatic carbocycles. The lowest BCUT2D eigenvalue weighted by Crippen LogP contribution is -2.42. The van der Waals surface area contributed by atoms with Crippen LogP contribution in [-0.2, 0) is 43.0 Å². The van der Waals surface area contributed by atoms with Crippen molar-refractivity contribution >= 4 is 53.2 Å². The Morgan fingerprint density at radius 2 is 1.71 bits per heavy atom. The van der Waals surface area contributed by atoms with E-state index in [1.807, 2.05) is 0 Å². The van der Waals surface area contributed by atoms with Gasteiger partial charge in [-0.15, -0.1) is 0 Å². The number of anilines is 1. The van der Waals surface area contributed by atoms with Crippen LogP contribution in [0.1, 0.15) is 52.0 Å². The number of aliphatic hydroxyl groups excluding tert-OH is 1. The van der Waals surface area contributed by atoms with Crippen molar-refractivity contribution in [3.63, 3.8) is 0 Å². The molecule has 1 saturated heterocycles. The van der Waals surface area contributed by atoms with E-state index < -0.39 is 59.4 Å². The number of carbonyl (C=O) groups excluding carboxylic acids is 6. The second kappa shape index (κ2) is 17.2. The van der Waals surface area contributed by atoms with E-state index >= 15 is 0 Å². The first kappa shape index (κ1) is 37.4. The number of amides is 5. The third-order valence-corrected chi connectivity index (χ3v) is 6.89. The minimum absolute atomic E-state index is 0.00769. The largest absolute Gasteiger partial charge is 0.479 e. The fourth-order valence-corrected chi connectivity index (χ4v) is 4.34. The number of esters is 1. The number of hydrogen-bond donors (Lipinski definition) is 5. The Balaban J connectivity index is 1.55. The van der Waals surface area contributed by atoms with E-state index in [0.29, 0.717) is 5.56 Å². The van der Waals surface area contributed by atoms with Gasteiger partial charge in [-0.25, -0.2) is 4.79 Å². The average molecular weight is 673 g/mol. The topological polar surface area (TPSA) is 227 Å². The molecule has 0 radical (unpaired) electrons. The summed E-state index contributed by atoms with van der Waals surface area (Å²) >= 11 is 0. The zero-order chi connectivity index (χ0) is 35.4. The third kappa shape index (κ3) is 11.9. The highest BCUT2D eigenvalue weighted by Crippen LogP contribution is 2.31. The highest BCUT2D eigenvalue weighted by Gasteiger charge is 2.34. The number of imide groups is 1. The molecular formula is C32H40N4O12. The molecule has 260 valence electrons. The van der Waals surface area contributed by atoms with Gasteiger partial charge in [-0.2, -0.15) is 0 Å². The predicted octanol–water partition coefficient (Wildman–Crippen LogP) is 0.495. The quantitative estimate of drug-likeness (QED) is 0.127. The van der Waals surface area contributed by atoms with Gasteiger partial charge in [-0.05, 0) is 44.5 Å². The van der Waals surface area contributed by atoms with E-state index in [1.54, 1.807) is 45.1 Å². The molecule has 3 atom stereocenters. The van der Waals surface area contributed by atoms with Crippen LogP contribution >= 0.6 is 0 Å². The Morgan fingerprint density at radius 3 is 2.38 bits per heavy atom. The summed E-state index contributed by atoms with van der Waals surface area (Å²) in [6.07, 6.45) is 1.63. The highest BCUT2D eigenvalue weighted by atomic mass is 16.7. The molecule has 5 amide bonds. The van der Waals surface area contributed by atoms with E-state index in [0.717, 1.165) is 17.1 Å². The van der Waals surface area contributed by atoms with E-state index in [-0.39, 0.29) is 69.3 Å². The van der Waals surface area contributed by atoms with Crippen LogP contribution in [0.15, 0.2) is 36.4 Å². The zero-order valence-electron chi connectivity index (χ0n) is 26.9. The third-order valence-electron chi connectivity index (χ3n) is 6.89. The number of nitrogens with one attached hydrogen (secondary N) is 3. The van der Waals surface area contributed by atoms with Gasteiger partial charge in [0.25, 0.3) is 11.8 Å². The van der Waals surface area contributed by atoms with Crippen LogP contribution in [0.25, 0.3) is 6.08 Å². The van der Waals surface area contributed by atoms with Gasteiger partial charge in [0.05, 0.1) is 23.8 Å². The van der Waals surface area contributed by atoms with Crippen molar-refractivity contribution in [3.05, 3.63) is 42.0 Å². The van der Waals surface area contributed by atoms with Gasteiger partial charge >= 0.3 is 11.9 Å². The molecule has 3 rings (SSSR count). The Hall–Kier alpha value is -5.09. The lowest BCUT2D eigenvalue weighted by molar-refractivity contribution is -0.195. The maximum Gasteiger partial charge on any atom is 0.333 e. The Kier molecular flexibility index (Phi) is 13.4. The van der Waals surface area contributed by atoms with E-state index in [4.69, 9.17) is 14.2 Å². The monoisotopic (exact) mass is 672 g/mol. The number of ether oxygens (including phenoxy) is 3. The number of nitrogens with zero attached hydrogens (tertiary/aromatic N) is 1. The fraction of sp³-hybridized carbons (Fsp3) is 0.469. The summed E-state index contributed by atoms with van der Waals surface area (Å²) in [5.74, 6) is -4.18. The Morgan fingerprint density at radius 1 is 1.00 bits per heavy atom. The molecule has 3 unspecified atom stereocenters. The Bertz CT molecular complexity index is 1450. The lowest BCUT2D eigenvalue weighted by atomic mass is 9.97. The number of rotatable bonds is 15. The molecule has 2 heterocycles. The zero-order valence-corrected chi connectivity index (χ0v) is 26.9. The van der Waals surface area contributed by atoms with E-state index in [1.165, 1.54) is 6.07 Å². The fourth-order valence-electron chi connectivity index (χ4n) is 4.34. The first-order valence-electron chi connectivity index (χ1n) is 15.2. The van der Waals surface area contributed by atoms with Gasteiger partial charge in [-0.3, -0.25) is 33.7 Å². The van der Waals surface area contributed by atoms with Gasteiger partial charge in [0.2, 0.25) is 24.0 Å². The molecule has 2 aliphatic rings. The molecule has 48 heavy (non-hydrogen) atoms. The number of aliphatic carboxylic acids is 1. The van der Waals surface area contributed by atoms with Crippen molar-refractivity contribution in [1.29, 1.82) is 0 Å². The number of aliphatic hydroxyl groups is 1. The summed E-state index contributed by atoms with van der Waals surface area (Å²) in [7, 11) is 0. The van der Waals surface area contributed by atoms with Crippen molar-refractivity contribution in [2.75, 3.05) is 31.6 Å². The van der Waals surface area contributed by atoms with Crippen molar-refractivity contribution in [2.24, 2.45) is 5.41 Å². The minimum Gasteiger partial charge on any atom is -0.479 e. The Labute approximate surface area is 276 Å². The smallest absolute Gasteiger partial charge is 0.333 e. The van der Waals surface area contributed by atoms with Crippen molar-refractivity contribution < 1.29 is 58.0 Å². The number of carboxylic acid groups (broad SMARTS) is 1. The SMILES string of the molecule is CC(C)(C)C(=O)OC/C=C/c1ccc(OC2CC(O)CC(C(=O)O)O2)c(NC(=O)CCNC(=O)CNC(=O)CCN2C(=O)C=CC2=O)c1. The summed E-state index contributed by atoms with van der Waals surface area (Å²) in [6, 6.07) is 4.73. The molecule has 0 saturated carbocycles. The predicted molar refractivity (Wildman–Crippen MR) is 168 cm³/mol. The second-order valence-electron chi connectivity index (χ2n) is 12.0. The van der Waals surface area contributed by atoms with Crippen molar-refractivity contribution in [2.45, 2.75) is 65.0 Å². The molecule has 1 aromatic rings. The first-order chi connectivity index (χ1) is 22.6. The van der Waals surface area contributed by atoms with Crippen LogP contribution in [0.2, 0.25) is 0 Å². The first-order valence-corrected chi connectivity index (χ1v) is 15.2. The summed E-state index contributed by atoms with van der Waals surface area (Å²) in [4.78, 5) is 84.5. The number of benzene rings is 1. The normalized spacial score (nSPS) is 19.2. The maximum atomic E-state index is 12.8. The van der Waals surface area contributed by atoms with Gasteiger partial charge in [0.15, 0.2) is 6.10 Å². The molecule has 5 N–H and O–H groups in total. The molecular weight excluding hydrogens is 632 g/mol. The molecule has 0 bridgehead atoms. The van der Waals surface area contributed by atoms with Gasteiger partial charge in [0.1, 0.15) is 12.4 Å². The summed E-state index contributed by atoms with van der Waals surface area (Å²) < 4.78 is 16.5. The van der Waals surface area contributed by atoms with Crippen LogP contribution in [0, 0.1) is 5.41 Å². The molecule has 1 fully saturated rings. The highest BCUT2D eigenvalue weighted by molar-refractivity contribution is 6.13. The van der Waals surface area contributed by atoms with Crippen LogP contribution in [-0.4, -0.2) is 101 Å². The van der Waals surface area contributed by atoms with Crippen LogP contribution < -0.4 is 20.7 Å². The standard InChI is InChI=1S/C32H40N4O12/c1-32(2,3)31(45)46-14-4-5-19-6-7-22(47-29-17-20(37)16-23(48-29)30(43)44)21(15-19)35-25(39)10-12-33-26(40)18-34-24(38)11-13-36-27(41)8-9-28(36)42/h4-9,15,20,23,29,37H,10-14,16-18H2,1-3H3,(H,33,40)(H,34,38)(H,35,39)(H,43,44)/b5-4+. The van der Waals surface area contributed by atoms with Crippen LogP contribution in [0.3, 0.4) is 0 Å². The molecule has 0 spiro atoms. The number of carbonyl (C=O) groups is 7. The van der Waals surface area contributed by atoms with Crippen molar-refractivity contribution in [3.8, 4) is 5.75 Å². The molecule has 16 heteroatoms. The van der Waals surface area contributed by atoms with Gasteiger partial charge < -0.3 is 40.4 Å². The lowest BCUT2D eigenvalue weighted by Gasteiger charge is -2.31. The van der Waals surface area contributed by atoms with Gasteiger partial charge in [0, 0.05) is 50.9 Å².